The van der Waals surface area contributed by atoms with Gasteiger partial charge in [0.1, 0.15) is 0 Å². The minimum absolute atomic E-state index is 0.506. The summed E-state index contributed by atoms with van der Waals surface area (Å²) >= 11 is 0. The smallest absolute Gasteiger partial charge is 0.387 e. The Hall–Kier alpha value is -1.52. The Morgan fingerprint density at radius 1 is 0.931 bits per heavy atom. The monoisotopic (exact) mass is 412 g/mol. The van der Waals surface area contributed by atoms with Crippen LogP contribution in [0.3, 0.4) is 0 Å². The number of allylic oxidation sites excluding steroid dienone is 2. The first-order valence-electron chi connectivity index (χ1n) is 11.0. The molecule has 0 bridgehead atoms. The number of alkyl halides is 2. The first kappa shape index (κ1) is 22.2. The number of aryl methyl sites for hydroxylation is 1. The van der Waals surface area contributed by atoms with Crippen molar-refractivity contribution >= 4 is 0 Å². The van der Waals surface area contributed by atoms with E-state index in [1.54, 1.807) is 0 Å². The summed E-state index contributed by atoms with van der Waals surface area (Å²) in [6, 6.07) is 2.24. The Bertz CT molecular complexity index is 648. The van der Waals surface area contributed by atoms with E-state index >= 15 is 0 Å². The molecule has 3 rings (SSSR count). The van der Waals surface area contributed by atoms with Crippen molar-refractivity contribution in [3.8, 4) is 5.75 Å². The van der Waals surface area contributed by atoms with Crippen molar-refractivity contribution in [2.75, 3.05) is 0 Å². The molecule has 0 aromatic heterocycles. The normalized spacial score (nSPS) is 28.2. The van der Waals surface area contributed by atoms with E-state index in [0.717, 1.165) is 36.3 Å². The molecule has 0 amide bonds. The fraction of sp³-hybridized carbons (Fsp3) is 0.667. The van der Waals surface area contributed by atoms with Gasteiger partial charge in [0.2, 0.25) is 0 Å². The van der Waals surface area contributed by atoms with Crippen LogP contribution in [0.5, 0.6) is 5.75 Å². The Balaban J connectivity index is 1.43. The lowest BCUT2D eigenvalue weighted by molar-refractivity contribution is -0.0546. The molecule has 0 saturated heterocycles. The third-order valence-corrected chi connectivity index (χ3v) is 6.95. The maximum absolute atomic E-state index is 13.9. The number of benzene rings is 1. The lowest BCUT2D eigenvalue weighted by atomic mass is 9.68. The Morgan fingerprint density at radius 2 is 1.48 bits per heavy atom. The van der Waals surface area contributed by atoms with Crippen molar-refractivity contribution in [2.45, 2.75) is 77.7 Å². The van der Waals surface area contributed by atoms with E-state index in [1.807, 2.05) is 0 Å². The van der Waals surface area contributed by atoms with E-state index in [9.17, 15) is 17.6 Å². The molecule has 0 unspecified atom stereocenters. The highest BCUT2D eigenvalue weighted by Gasteiger charge is 2.30. The topological polar surface area (TPSA) is 9.23 Å². The average molecular weight is 413 g/mol. The molecule has 0 heterocycles. The van der Waals surface area contributed by atoms with Crippen molar-refractivity contribution in [1.82, 2.24) is 0 Å². The molecule has 2 fully saturated rings. The summed E-state index contributed by atoms with van der Waals surface area (Å²) in [6.45, 7) is -1.14. The summed E-state index contributed by atoms with van der Waals surface area (Å²) in [4.78, 5) is 0. The Kier molecular flexibility index (Phi) is 8.02. The number of hydrogen-bond acceptors (Lipinski definition) is 1. The van der Waals surface area contributed by atoms with Crippen molar-refractivity contribution in [3.63, 3.8) is 0 Å². The predicted molar refractivity (Wildman–Crippen MR) is 107 cm³/mol. The molecule has 1 aromatic rings. The average Bonchev–Trinajstić information content (AvgIpc) is 2.70. The molecule has 0 N–H and O–H groups in total. The van der Waals surface area contributed by atoms with Crippen molar-refractivity contribution in [1.29, 1.82) is 0 Å². The van der Waals surface area contributed by atoms with Gasteiger partial charge in [-0.05, 0) is 99.7 Å². The van der Waals surface area contributed by atoms with Gasteiger partial charge in [0.15, 0.2) is 17.4 Å². The number of hydrogen-bond donors (Lipinski definition) is 0. The quantitative estimate of drug-likeness (QED) is 0.329. The molecular formula is C24H32F4O. The van der Waals surface area contributed by atoms with Crippen LogP contribution in [0, 0.1) is 35.3 Å². The van der Waals surface area contributed by atoms with E-state index < -0.39 is 24.0 Å². The zero-order valence-electron chi connectivity index (χ0n) is 17.2. The summed E-state index contributed by atoms with van der Waals surface area (Å²) < 4.78 is 56.1. The van der Waals surface area contributed by atoms with Gasteiger partial charge in [0.05, 0.1) is 0 Å². The second-order valence-electron chi connectivity index (χ2n) is 8.79. The van der Waals surface area contributed by atoms with Crippen LogP contribution in [0.4, 0.5) is 17.6 Å². The van der Waals surface area contributed by atoms with Gasteiger partial charge < -0.3 is 4.74 Å². The molecule has 0 atom stereocenters. The van der Waals surface area contributed by atoms with Crippen molar-refractivity contribution < 1.29 is 22.3 Å². The van der Waals surface area contributed by atoms with Crippen LogP contribution >= 0.6 is 0 Å². The van der Waals surface area contributed by atoms with Crippen LogP contribution in [0.25, 0.3) is 0 Å². The van der Waals surface area contributed by atoms with Crippen LogP contribution in [0.2, 0.25) is 0 Å². The van der Waals surface area contributed by atoms with Gasteiger partial charge in [-0.15, -0.1) is 0 Å². The van der Waals surface area contributed by atoms with E-state index in [-0.39, 0.29) is 0 Å². The Labute approximate surface area is 171 Å². The van der Waals surface area contributed by atoms with E-state index in [4.69, 9.17) is 0 Å². The fourth-order valence-electron chi connectivity index (χ4n) is 5.36. The zero-order valence-corrected chi connectivity index (χ0v) is 17.2. The summed E-state index contributed by atoms with van der Waals surface area (Å²) in [5, 5.41) is 0. The van der Waals surface area contributed by atoms with Crippen molar-refractivity contribution in [2.24, 2.45) is 23.7 Å². The summed E-state index contributed by atoms with van der Waals surface area (Å²) in [7, 11) is 0. The number of rotatable bonds is 7. The first-order chi connectivity index (χ1) is 14.0. The van der Waals surface area contributed by atoms with Crippen LogP contribution in [-0.2, 0) is 6.42 Å². The molecular weight excluding hydrogens is 380 g/mol. The SMILES string of the molecule is C/C=C/C1CCC(C2CCC(CCc3cc(F)c(OC(F)F)c(F)c3)CC2)CC1. The molecule has 1 nitrogen and oxygen atoms in total. The number of ether oxygens (including phenoxy) is 1. The molecule has 2 aliphatic carbocycles. The predicted octanol–water partition coefficient (Wildman–Crippen LogP) is 7.69. The minimum atomic E-state index is -3.24. The summed E-state index contributed by atoms with van der Waals surface area (Å²) in [6.07, 6.45) is 16.2. The maximum atomic E-state index is 13.9. The van der Waals surface area contributed by atoms with Crippen LogP contribution in [0.1, 0.15) is 70.3 Å². The maximum Gasteiger partial charge on any atom is 0.387 e. The van der Waals surface area contributed by atoms with Crippen LogP contribution < -0.4 is 4.74 Å². The summed E-state index contributed by atoms with van der Waals surface area (Å²) in [5.41, 5.74) is 0.506. The van der Waals surface area contributed by atoms with Gasteiger partial charge >= 0.3 is 6.61 Å². The Morgan fingerprint density at radius 3 is 2.00 bits per heavy atom. The van der Waals surface area contributed by atoms with Gasteiger partial charge in [-0.3, -0.25) is 0 Å². The van der Waals surface area contributed by atoms with Gasteiger partial charge in [-0.2, -0.15) is 8.78 Å². The summed E-state index contributed by atoms with van der Waals surface area (Å²) in [5.74, 6) is -0.0652. The third-order valence-electron chi connectivity index (χ3n) is 6.95. The van der Waals surface area contributed by atoms with E-state index in [2.05, 4.69) is 23.8 Å². The van der Waals surface area contributed by atoms with Crippen molar-refractivity contribution in [3.05, 3.63) is 41.5 Å². The highest BCUT2D eigenvalue weighted by molar-refractivity contribution is 5.31. The molecule has 1 aromatic carbocycles. The standard InChI is InChI=1S/C24H32F4O/c1-2-3-16-6-10-19(11-7-16)20-12-8-17(9-13-20)4-5-18-14-21(25)23(22(26)15-18)29-24(27)28/h2-3,14-17,19-20,24H,4-13H2,1H3/b3-2+. The van der Waals surface area contributed by atoms with Crippen LogP contribution in [-0.4, -0.2) is 6.61 Å². The number of halogens is 4. The molecule has 2 aliphatic rings. The largest absolute Gasteiger partial charge is 0.429 e. The molecule has 2 saturated carbocycles. The second-order valence-corrected chi connectivity index (χ2v) is 8.79. The van der Waals surface area contributed by atoms with Gasteiger partial charge in [-0.1, -0.05) is 25.0 Å². The lowest BCUT2D eigenvalue weighted by Gasteiger charge is -2.37. The molecule has 29 heavy (non-hydrogen) atoms. The minimum Gasteiger partial charge on any atom is -0.429 e. The molecule has 0 radical (unpaired) electrons. The highest BCUT2D eigenvalue weighted by Crippen LogP contribution is 2.42. The van der Waals surface area contributed by atoms with E-state index in [1.165, 1.54) is 51.4 Å². The fourth-order valence-corrected chi connectivity index (χ4v) is 5.36. The molecule has 162 valence electrons. The molecule has 5 heteroatoms. The zero-order chi connectivity index (χ0) is 20.8. The second kappa shape index (κ2) is 10.5. The van der Waals surface area contributed by atoms with Gasteiger partial charge in [-0.25, -0.2) is 8.78 Å². The van der Waals surface area contributed by atoms with E-state index in [0.29, 0.717) is 17.9 Å². The molecule has 0 aliphatic heterocycles. The first-order valence-corrected chi connectivity index (χ1v) is 11.0. The highest BCUT2D eigenvalue weighted by atomic mass is 19.3. The lowest BCUT2D eigenvalue weighted by Crippen LogP contribution is -2.25. The third kappa shape index (κ3) is 6.23. The molecule has 0 spiro atoms. The van der Waals surface area contributed by atoms with Crippen LogP contribution in [0.15, 0.2) is 24.3 Å². The van der Waals surface area contributed by atoms with Gasteiger partial charge in [0.25, 0.3) is 0 Å². The van der Waals surface area contributed by atoms with Gasteiger partial charge in [0, 0.05) is 0 Å².